The van der Waals surface area contributed by atoms with Crippen molar-refractivity contribution in [3.8, 4) is 0 Å². The number of aromatic amines is 1. The number of aromatic nitrogens is 2. The van der Waals surface area contributed by atoms with E-state index in [1.807, 2.05) is 0 Å². The van der Waals surface area contributed by atoms with Gasteiger partial charge in [-0.05, 0) is 47.0 Å². The van der Waals surface area contributed by atoms with Gasteiger partial charge in [-0.1, -0.05) is 45.8 Å². The maximum atomic E-state index is 5.40. The zero-order chi connectivity index (χ0) is 14.0. The molecule has 0 radical (unpaired) electrons. The van der Waals surface area contributed by atoms with Crippen molar-refractivity contribution >= 4 is 28.1 Å². The number of nitrogens with one attached hydrogen (secondary N) is 1. The monoisotopic (exact) mass is 342 g/mol. The molecule has 0 amide bonds. The second-order valence-corrected chi connectivity index (χ2v) is 7.47. The fourth-order valence-corrected chi connectivity index (χ4v) is 3.52. The Kier molecular flexibility index (Phi) is 5.18. The van der Waals surface area contributed by atoms with Crippen LogP contribution in [0.4, 0.5) is 0 Å². The van der Waals surface area contributed by atoms with Gasteiger partial charge in [-0.25, -0.2) is 4.98 Å². The third-order valence-corrected chi connectivity index (χ3v) is 5.30. The van der Waals surface area contributed by atoms with E-state index in [9.17, 15) is 0 Å². The van der Waals surface area contributed by atoms with Gasteiger partial charge in [0, 0.05) is 11.6 Å². The molecule has 1 aromatic heterocycles. The lowest BCUT2D eigenvalue weighted by Crippen LogP contribution is -2.16. The molecule has 0 spiro atoms. The van der Waals surface area contributed by atoms with Crippen LogP contribution in [-0.2, 0) is 6.42 Å². The van der Waals surface area contributed by atoms with E-state index in [1.165, 1.54) is 31.4 Å². The lowest BCUT2D eigenvalue weighted by atomic mass is 9.82. The topological polar surface area (TPSA) is 28.7 Å². The fourth-order valence-electron chi connectivity index (χ4n) is 2.95. The Balaban J connectivity index is 2.30. The molecule has 1 saturated carbocycles. The number of hydrogen-bond donors (Lipinski definition) is 1. The van der Waals surface area contributed by atoms with E-state index in [1.54, 1.807) is 0 Å². The van der Waals surface area contributed by atoms with Crippen LogP contribution >= 0.6 is 28.1 Å². The first-order chi connectivity index (χ1) is 8.97. The highest BCUT2D eigenvalue weighted by atomic mass is 79.9. The molecule has 4 heteroatoms. The largest absolute Gasteiger partial charge is 0.346 e. The second kappa shape index (κ2) is 6.49. The Labute approximate surface area is 129 Å². The summed E-state index contributed by atoms with van der Waals surface area (Å²) in [5.41, 5.74) is 1.21. The molecule has 0 aliphatic heterocycles. The molecule has 2 unspecified atom stereocenters. The summed E-state index contributed by atoms with van der Waals surface area (Å²) < 4.78 is 1.69. The molecule has 1 heterocycles. The lowest BCUT2D eigenvalue weighted by Gasteiger charge is -2.26. The molecule has 1 aliphatic rings. The minimum absolute atomic E-state index is 0.560. The average Bonchev–Trinajstić information content (AvgIpc) is 2.34. The summed E-state index contributed by atoms with van der Waals surface area (Å²) in [4.78, 5) is 8.16. The summed E-state index contributed by atoms with van der Waals surface area (Å²) >= 11 is 8.98. The molecule has 19 heavy (non-hydrogen) atoms. The Morgan fingerprint density at radius 3 is 2.79 bits per heavy atom. The first-order valence-electron chi connectivity index (χ1n) is 7.26. The van der Waals surface area contributed by atoms with Crippen LogP contribution in [0, 0.1) is 16.5 Å². The van der Waals surface area contributed by atoms with Gasteiger partial charge in [0.05, 0.1) is 4.47 Å². The van der Waals surface area contributed by atoms with Crippen molar-refractivity contribution in [1.82, 2.24) is 9.97 Å². The highest BCUT2D eigenvalue weighted by molar-refractivity contribution is 9.10. The van der Waals surface area contributed by atoms with Gasteiger partial charge in [-0.15, -0.1) is 0 Å². The lowest BCUT2D eigenvalue weighted by molar-refractivity contribution is 0.334. The SMILES string of the molecule is CC(C)Cc1[nH]c(C2CCCC(C)C2)nc(=S)c1Br. The highest BCUT2D eigenvalue weighted by Gasteiger charge is 2.23. The van der Waals surface area contributed by atoms with Gasteiger partial charge in [0.25, 0.3) is 0 Å². The van der Waals surface area contributed by atoms with Gasteiger partial charge in [-0.2, -0.15) is 0 Å². The minimum Gasteiger partial charge on any atom is -0.346 e. The molecule has 1 aromatic rings. The molecule has 1 aliphatic carbocycles. The van der Waals surface area contributed by atoms with Crippen LogP contribution in [0.1, 0.15) is 63.9 Å². The van der Waals surface area contributed by atoms with Crippen molar-refractivity contribution in [3.05, 3.63) is 20.6 Å². The van der Waals surface area contributed by atoms with Gasteiger partial charge in [-0.3, -0.25) is 0 Å². The average molecular weight is 343 g/mol. The molecule has 2 atom stereocenters. The fraction of sp³-hybridized carbons (Fsp3) is 0.733. The van der Waals surface area contributed by atoms with Gasteiger partial charge in [0.1, 0.15) is 10.5 Å². The summed E-state index contributed by atoms with van der Waals surface area (Å²) in [7, 11) is 0. The highest BCUT2D eigenvalue weighted by Crippen LogP contribution is 2.35. The van der Waals surface area contributed by atoms with Crippen LogP contribution in [0.5, 0.6) is 0 Å². The van der Waals surface area contributed by atoms with Gasteiger partial charge in [0.2, 0.25) is 0 Å². The van der Waals surface area contributed by atoms with E-state index in [2.05, 4.69) is 46.7 Å². The van der Waals surface area contributed by atoms with Crippen molar-refractivity contribution in [2.45, 2.75) is 58.8 Å². The molecule has 2 rings (SSSR count). The van der Waals surface area contributed by atoms with Crippen LogP contribution in [0.2, 0.25) is 0 Å². The van der Waals surface area contributed by atoms with Crippen molar-refractivity contribution < 1.29 is 0 Å². The summed E-state index contributed by atoms with van der Waals surface area (Å²) in [5.74, 6) is 3.09. The van der Waals surface area contributed by atoms with Crippen molar-refractivity contribution in [3.63, 3.8) is 0 Å². The first-order valence-corrected chi connectivity index (χ1v) is 8.46. The summed E-state index contributed by atoms with van der Waals surface area (Å²) in [6.45, 7) is 6.80. The molecule has 2 nitrogen and oxygen atoms in total. The number of nitrogens with zero attached hydrogens (tertiary/aromatic N) is 1. The number of H-pyrrole nitrogens is 1. The maximum Gasteiger partial charge on any atom is 0.144 e. The number of hydrogen-bond acceptors (Lipinski definition) is 2. The Morgan fingerprint density at radius 2 is 2.16 bits per heavy atom. The standard InChI is InChI=1S/C15H23BrN2S/c1-9(2)7-12-13(16)15(19)18-14(17-12)11-6-4-5-10(3)8-11/h9-11H,4-8H2,1-3H3,(H,17,18,19). The first kappa shape index (κ1) is 15.2. The summed E-state index contributed by atoms with van der Waals surface area (Å²) in [5, 5.41) is 0. The Hall–Kier alpha value is -0.220. The molecule has 0 saturated heterocycles. The quantitative estimate of drug-likeness (QED) is 0.745. The molecular formula is C15H23BrN2S. The zero-order valence-electron chi connectivity index (χ0n) is 12.0. The van der Waals surface area contributed by atoms with Crippen molar-refractivity contribution in [2.24, 2.45) is 11.8 Å². The van der Waals surface area contributed by atoms with E-state index < -0.39 is 0 Å². The zero-order valence-corrected chi connectivity index (χ0v) is 14.4. The third-order valence-electron chi connectivity index (χ3n) is 3.89. The van der Waals surface area contributed by atoms with E-state index in [0.29, 0.717) is 16.5 Å². The second-order valence-electron chi connectivity index (χ2n) is 6.29. The Bertz CT molecular complexity index is 495. The molecule has 1 fully saturated rings. The third kappa shape index (κ3) is 3.88. The van der Waals surface area contributed by atoms with Gasteiger partial charge < -0.3 is 4.98 Å². The summed E-state index contributed by atoms with van der Waals surface area (Å²) in [6.07, 6.45) is 6.16. The van der Waals surface area contributed by atoms with Crippen LogP contribution in [0.25, 0.3) is 0 Å². The normalized spacial score (nSPS) is 23.8. The summed E-state index contributed by atoms with van der Waals surface area (Å²) in [6, 6.07) is 0. The predicted molar refractivity (Wildman–Crippen MR) is 86.0 cm³/mol. The molecule has 106 valence electrons. The van der Waals surface area contributed by atoms with E-state index in [0.717, 1.165) is 22.6 Å². The molecular weight excluding hydrogens is 320 g/mol. The van der Waals surface area contributed by atoms with E-state index in [-0.39, 0.29) is 0 Å². The number of halogens is 1. The molecule has 0 bridgehead atoms. The van der Waals surface area contributed by atoms with Gasteiger partial charge >= 0.3 is 0 Å². The van der Waals surface area contributed by atoms with E-state index in [4.69, 9.17) is 12.2 Å². The van der Waals surface area contributed by atoms with Crippen LogP contribution in [0.3, 0.4) is 0 Å². The molecule has 1 N–H and O–H groups in total. The Morgan fingerprint density at radius 1 is 1.42 bits per heavy atom. The number of rotatable bonds is 3. The van der Waals surface area contributed by atoms with Gasteiger partial charge in [0.15, 0.2) is 0 Å². The van der Waals surface area contributed by atoms with E-state index >= 15 is 0 Å². The minimum atomic E-state index is 0.560. The van der Waals surface area contributed by atoms with Crippen molar-refractivity contribution in [1.29, 1.82) is 0 Å². The van der Waals surface area contributed by atoms with Crippen LogP contribution < -0.4 is 0 Å². The van der Waals surface area contributed by atoms with Crippen LogP contribution in [-0.4, -0.2) is 9.97 Å². The molecule has 0 aromatic carbocycles. The smallest absolute Gasteiger partial charge is 0.144 e. The van der Waals surface area contributed by atoms with Crippen LogP contribution in [0.15, 0.2) is 4.47 Å². The van der Waals surface area contributed by atoms with Crippen molar-refractivity contribution in [2.75, 3.05) is 0 Å². The maximum absolute atomic E-state index is 5.40. The predicted octanol–water partition coefficient (Wildman–Crippen LogP) is 5.39.